The van der Waals surface area contributed by atoms with E-state index in [1.54, 1.807) is 0 Å². The molecule has 1 aromatic heterocycles. The highest BCUT2D eigenvalue weighted by molar-refractivity contribution is 5.75. The first-order chi connectivity index (χ1) is 13.3. The number of aryl methyl sites for hydroxylation is 3. The van der Waals surface area contributed by atoms with Gasteiger partial charge < -0.3 is 9.30 Å². The molecule has 0 radical (unpaired) electrons. The second-order valence-electron chi connectivity index (χ2n) is 6.86. The van der Waals surface area contributed by atoms with Crippen LogP contribution in [0.15, 0.2) is 78.9 Å². The molecular weight excluding hydrogens is 332 g/mol. The van der Waals surface area contributed by atoms with E-state index in [9.17, 15) is 0 Å². The third-order valence-corrected chi connectivity index (χ3v) is 4.81. The molecule has 0 spiro atoms. The molecular formula is C24H24N2O. The van der Waals surface area contributed by atoms with Gasteiger partial charge in [-0.05, 0) is 49.6 Å². The number of imidazole rings is 1. The van der Waals surface area contributed by atoms with Gasteiger partial charge in [0.05, 0.1) is 11.0 Å². The number of aromatic nitrogens is 2. The Kier molecular flexibility index (Phi) is 5.20. The molecule has 0 bridgehead atoms. The molecule has 27 heavy (non-hydrogen) atoms. The van der Waals surface area contributed by atoms with Crippen LogP contribution in [0.4, 0.5) is 0 Å². The number of nitrogens with zero attached hydrogens (tertiary/aromatic N) is 2. The zero-order chi connectivity index (χ0) is 18.5. The number of para-hydroxylation sites is 2. The van der Waals surface area contributed by atoms with E-state index in [4.69, 9.17) is 9.72 Å². The lowest BCUT2D eigenvalue weighted by Gasteiger charge is -2.11. The van der Waals surface area contributed by atoms with Gasteiger partial charge in [-0.25, -0.2) is 4.98 Å². The second-order valence-corrected chi connectivity index (χ2v) is 6.86. The number of hydrogen-bond acceptors (Lipinski definition) is 2. The quantitative estimate of drug-likeness (QED) is 0.434. The van der Waals surface area contributed by atoms with Crippen LogP contribution in [-0.4, -0.2) is 9.55 Å². The molecule has 0 aliphatic heterocycles. The van der Waals surface area contributed by atoms with Gasteiger partial charge in [0.25, 0.3) is 0 Å². The topological polar surface area (TPSA) is 27.1 Å². The standard InChI is InChI=1S/C24H24N2O/c1-19-13-15-21(16-14-19)27-18-24-25-22-11-5-6-12-23(22)26(24)17-7-10-20-8-3-2-4-9-20/h2-6,8-9,11-16H,7,10,17-18H2,1H3. The van der Waals surface area contributed by atoms with E-state index < -0.39 is 0 Å². The van der Waals surface area contributed by atoms with Crippen molar-refractivity contribution in [2.24, 2.45) is 0 Å². The highest BCUT2D eigenvalue weighted by Crippen LogP contribution is 2.19. The van der Waals surface area contributed by atoms with Crippen molar-refractivity contribution in [2.75, 3.05) is 0 Å². The minimum Gasteiger partial charge on any atom is -0.486 e. The first-order valence-electron chi connectivity index (χ1n) is 9.47. The van der Waals surface area contributed by atoms with Crippen LogP contribution < -0.4 is 4.74 Å². The highest BCUT2D eigenvalue weighted by Gasteiger charge is 2.11. The number of ether oxygens (including phenoxy) is 1. The SMILES string of the molecule is Cc1ccc(OCc2nc3ccccc3n2CCCc2ccccc2)cc1. The third-order valence-electron chi connectivity index (χ3n) is 4.81. The van der Waals surface area contributed by atoms with Gasteiger partial charge in [-0.2, -0.15) is 0 Å². The first kappa shape index (κ1) is 17.3. The van der Waals surface area contributed by atoms with E-state index in [0.717, 1.165) is 36.5 Å². The average Bonchev–Trinajstić information content (AvgIpc) is 3.06. The van der Waals surface area contributed by atoms with E-state index >= 15 is 0 Å². The van der Waals surface area contributed by atoms with Crippen molar-refractivity contribution >= 4 is 11.0 Å². The molecule has 0 saturated carbocycles. The fourth-order valence-corrected chi connectivity index (χ4v) is 3.35. The summed E-state index contributed by atoms with van der Waals surface area (Å²) in [5.41, 5.74) is 4.81. The Hall–Kier alpha value is -3.07. The molecule has 0 amide bonds. The molecule has 136 valence electrons. The lowest BCUT2D eigenvalue weighted by molar-refractivity contribution is 0.289. The molecule has 3 nitrogen and oxygen atoms in total. The predicted molar refractivity (Wildman–Crippen MR) is 110 cm³/mol. The second kappa shape index (κ2) is 8.09. The van der Waals surface area contributed by atoms with Crippen LogP contribution in [0, 0.1) is 6.92 Å². The summed E-state index contributed by atoms with van der Waals surface area (Å²) in [7, 11) is 0. The van der Waals surface area contributed by atoms with Crippen molar-refractivity contribution in [3.63, 3.8) is 0 Å². The fourth-order valence-electron chi connectivity index (χ4n) is 3.35. The summed E-state index contributed by atoms with van der Waals surface area (Å²) in [4.78, 5) is 4.81. The lowest BCUT2D eigenvalue weighted by Crippen LogP contribution is -2.08. The Morgan fingerprint density at radius 1 is 0.852 bits per heavy atom. The van der Waals surface area contributed by atoms with Crippen LogP contribution in [-0.2, 0) is 19.6 Å². The van der Waals surface area contributed by atoms with E-state index in [1.165, 1.54) is 16.6 Å². The molecule has 4 rings (SSSR count). The summed E-state index contributed by atoms with van der Waals surface area (Å²) >= 11 is 0. The number of rotatable bonds is 7. The summed E-state index contributed by atoms with van der Waals surface area (Å²) in [6.07, 6.45) is 2.13. The molecule has 1 heterocycles. The van der Waals surface area contributed by atoms with Gasteiger partial charge in [0.1, 0.15) is 18.2 Å². The average molecular weight is 356 g/mol. The largest absolute Gasteiger partial charge is 0.486 e. The number of fused-ring (bicyclic) bond motifs is 1. The molecule has 0 N–H and O–H groups in total. The van der Waals surface area contributed by atoms with Gasteiger partial charge in [-0.15, -0.1) is 0 Å². The van der Waals surface area contributed by atoms with Crippen molar-refractivity contribution in [1.82, 2.24) is 9.55 Å². The van der Waals surface area contributed by atoms with Gasteiger partial charge in [0, 0.05) is 6.54 Å². The number of hydrogen-bond donors (Lipinski definition) is 0. The Morgan fingerprint density at radius 3 is 2.41 bits per heavy atom. The van der Waals surface area contributed by atoms with Crippen LogP contribution in [0.25, 0.3) is 11.0 Å². The van der Waals surface area contributed by atoms with Crippen molar-refractivity contribution in [2.45, 2.75) is 32.9 Å². The van der Waals surface area contributed by atoms with Gasteiger partial charge >= 0.3 is 0 Å². The van der Waals surface area contributed by atoms with Gasteiger partial charge in [-0.1, -0.05) is 60.2 Å². The van der Waals surface area contributed by atoms with Gasteiger partial charge in [-0.3, -0.25) is 0 Å². The van der Waals surface area contributed by atoms with Gasteiger partial charge in [0.15, 0.2) is 0 Å². The van der Waals surface area contributed by atoms with Crippen LogP contribution in [0.5, 0.6) is 5.75 Å². The van der Waals surface area contributed by atoms with Crippen LogP contribution >= 0.6 is 0 Å². The molecule has 3 heteroatoms. The summed E-state index contributed by atoms with van der Waals surface area (Å²) in [5, 5.41) is 0. The maximum atomic E-state index is 6.00. The summed E-state index contributed by atoms with van der Waals surface area (Å²) in [5.74, 6) is 1.85. The van der Waals surface area contributed by atoms with Crippen LogP contribution in [0.2, 0.25) is 0 Å². The minimum atomic E-state index is 0.475. The summed E-state index contributed by atoms with van der Waals surface area (Å²) < 4.78 is 8.30. The molecule has 0 aliphatic carbocycles. The van der Waals surface area contributed by atoms with Crippen molar-refractivity contribution in [1.29, 1.82) is 0 Å². The predicted octanol–water partition coefficient (Wildman–Crippen LogP) is 5.56. The number of benzene rings is 3. The summed E-state index contributed by atoms with van der Waals surface area (Å²) in [6, 6.07) is 27.1. The third kappa shape index (κ3) is 4.20. The minimum absolute atomic E-state index is 0.475. The van der Waals surface area contributed by atoms with Gasteiger partial charge in [0.2, 0.25) is 0 Å². The Balaban J connectivity index is 1.50. The molecule has 0 saturated heterocycles. The van der Waals surface area contributed by atoms with E-state index in [2.05, 4.69) is 72.2 Å². The normalized spacial score (nSPS) is 11.0. The van der Waals surface area contributed by atoms with Crippen molar-refractivity contribution in [3.8, 4) is 5.75 Å². The van der Waals surface area contributed by atoms with E-state index in [0.29, 0.717) is 6.61 Å². The fraction of sp³-hybridized carbons (Fsp3) is 0.208. The molecule has 0 atom stereocenters. The zero-order valence-corrected chi connectivity index (χ0v) is 15.6. The zero-order valence-electron chi connectivity index (χ0n) is 15.6. The maximum absolute atomic E-state index is 6.00. The Bertz CT molecular complexity index is 1000. The molecule has 0 fully saturated rings. The lowest BCUT2D eigenvalue weighted by atomic mass is 10.1. The molecule has 3 aromatic carbocycles. The van der Waals surface area contributed by atoms with Crippen LogP contribution in [0.3, 0.4) is 0 Å². The van der Waals surface area contributed by atoms with Crippen molar-refractivity contribution < 1.29 is 4.74 Å². The monoisotopic (exact) mass is 356 g/mol. The Morgan fingerprint density at radius 2 is 1.59 bits per heavy atom. The van der Waals surface area contributed by atoms with Crippen molar-refractivity contribution in [3.05, 3.63) is 95.8 Å². The molecule has 0 aliphatic rings. The van der Waals surface area contributed by atoms with E-state index in [-0.39, 0.29) is 0 Å². The summed E-state index contributed by atoms with van der Waals surface area (Å²) in [6.45, 7) is 3.49. The Labute approximate surface area is 160 Å². The van der Waals surface area contributed by atoms with Crippen LogP contribution in [0.1, 0.15) is 23.4 Å². The maximum Gasteiger partial charge on any atom is 0.147 e. The first-order valence-corrected chi connectivity index (χ1v) is 9.47. The molecule has 4 aromatic rings. The molecule has 0 unspecified atom stereocenters. The smallest absolute Gasteiger partial charge is 0.147 e. The van der Waals surface area contributed by atoms with E-state index in [1.807, 2.05) is 18.2 Å². The highest BCUT2D eigenvalue weighted by atomic mass is 16.5.